The first-order chi connectivity index (χ1) is 20.3. The number of aromatic nitrogens is 2. The molecule has 1 N–H and O–H groups in total. The minimum atomic E-state index is -1.39. The van der Waals surface area contributed by atoms with Crippen LogP contribution in [0.4, 0.5) is 5.82 Å². The Bertz CT molecular complexity index is 1470. The van der Waals surface area contributed by atoms with Gasteiger partial charge in [0.2, 0.25) is 0 Å². The largest absolute Gasteiger partial charge is 0.374 e. The van der Waals surface area contributed by atoms with Crippen molar-refractivity contribution in [3.05, 3.63) is 94.0 Å². The highest BCUT2D eigenvalue weighted by atomic mass is 31.2. The van der Waals surface area contributed by atoms with Crippen molar-refractivity contribution in [3.8, 4) is 0 Å². The summed E-state index contributed by atoms with van der Waals surface area (Å²) in [7, 11) is 0.213. The van der Waals surface area contributed by atoms with Crippen molar-refractivity contribution in [2.45, 2.75) is 76.2 Å². The van der Waals surface area contributed by atoms with Crippen molar-refractivity contribution in [2.75, 3.05) is 19.0 Å². The number of aryl methyl sites for hydroxylation is 1. The maximum atomic E-state index is 13.3. The number of amides is 1. The molecular formula is C31H37N4O6P. The zero-order valence-corrected chi connectivity index (χ0v) is 25.2. The summed E-state index contributed by atoms with van der Waals surface area (Å²) in [4.78, 5) is 30.2. The van der Waals surface area contributed by atoms with Crippen molar-refractivity contribution in [1.29, 1.82) is 0 Å². The number of anilines is 1. The Morgan fingerprint density at radius 2 is 1.86 bits per heavy atom. The summed E-state index contributed by atoms with van der Waals surface area (Å²) in [6, 6.07) is 19.4. The maximum Gasteiger partial charge on any atom is 0.351 e. The molecule has 11 heteroatoms. The van der Waals surface area contributed by atoms with E-state index in [9.17, 15) is 9.59 Å². The fraction of sp³-hybridized carbons (Fsp3) is 0.452. The lowest BCUT2D eigenvalue weighted by atomic mass is 9.87. The molecule has 1 unspecified atom stereocenters. The number of benzene rings is 2. The van der Waals surface area contributed by atoms with Gasteiger partial charge in [-0.05, 0) is 50.8 Å². The fourth-order valence-electron chi connectivity index (χ4n) is 6.27. The summed E-state index contributed by atoms with van der Waals surface area (Å²) < 4.78 is 29.7. The van der Waals surface area contributed by atoms with Crippen molar-refractivity contribution < 1.29 is 23.3 Å². The molecule has 3 fully saturated rings. The van der Waals surface area contributed by atoms with Crippen molar-refractivity contribution in [3.63, 3.8) is 0 Å². The summed E-state index contributed by atoms with van der Waals surface area (Å²) in [6.45, 7) is 6.88. The van der Waals surface area contributed by atoms with E-state index in [-0.39, 0.29) is 23.9 Å². The Balaban J connectivity index is 1.24. The number of methoxy groups -OCH3 is 1. The monoisotopic (exact) mass is 592 g/mol. The Morgan fingerprint density at radius 3 is 2.55 bits per heavy atom. The van der Waals surface area contributed by atoms with Crippen LogP contribution in [0.5, 0.6) is 0 Å². The molecule has 4 heterocycles. The molecule has 2 aromatic carbocycles. The Morgan fingerprint density at radius 1 is 1.14 bits per heavy atom. The van der Waals surface area contributed by atoms with Crippen LogP contribution in [0.1, 0.15) is 60.8 Å². The standard InChI is InChI=1S/C31H37N4O6P/c1-5-23-25(40-42-35-18-12-17-24(35)31(3,41-42)22-15-10-7-11-16-22)26(38-4)29(39-23)34-19-20(2)27(33-30(34)37)32-28(36)21-13-8-6-9-14-21/h6-11,13-16,19,23-26,29H,5,12,17-18H2,1-4H3,(H,32,33,36,37)/t23-,24-,25+,26?,29-,31+,42-/m1/s1. The molecule has 0 radical (unpaired) electrons. The Hall–Kier alpha value is -2.98. The number of rotatable bonds is 8. The molecule has 3 aromatic rings. The number of carbonyl (C=O) groups excluding carboxylic acids is 1. The van der Waals surface area contributed by atoms with Crippen LogP contribution in [0.15, 0.2) is 71.7 Å². The van der Waals surface area contributed by atoms with E-state index in [4.69, 9.17) is 18.5 Å². The van der Waals surface area contributed by atoms with Gasteiger partial charge in [0.25, 0.3) is 14.4 Å². The van der Waals surface area contributed by atoms with E-state index in [1.807, 2.05) is 31.2 Å². The molecule has 3 aliphatic heterocycles. The minimum Gasteiger partial charge on any atom is -0.374 e. The van der Waals surface area contributed by atoms with E-state index >= 15 is 0 Å². The topological polar surface area (TPSA) is 104 Å². The average molecular weight is 593 g/mol. The van der Waals surface area contributed by atoms with Crippen molar-refractivity contribution in [1.82, 2.24) is 14.2 Å². The van der Waals surface area contributed by atoms with Crippen LogP contribution in [0.25, 0.3) is 0 Å². The third-order valence-electron chi connectivity index (χ3n) is 8.53. The second kappa shape index (κ2) is 12.0. The Labute approximate surface area is 246 Å². The third-order valence-corrected chi connectivity index (χ3v) is 10.4. The third kappa shape index (κ3) is 5.21. The molecular weight excluding hydrogens is 555 g/mol. The van der Waals surface area contributed by atoms with Crippen LogP contribution in [-0.4, -0.2) is 58.1 Å². The zero-order valence-electron chi connectivity index (χ0n) is 24.3. The van der Waals surface area contributed by atoms with Gasteiger partial charge in [0.05, 0.1) is 12.1 Å². The van der Waals surface area contributed by atoms with Crippen LogP contribution in [-0.2, 0) is 24.1 Å². The van der Waals surface area contributed by atoms with Crippen LogP contribution in [0.2, 0.25) is 0 Å². The van der Waals surface area contributed by atoms with E-state index in [1.165, 1.54) is 4.57 Å². The highest BCUT2D eigenvalue weighted by molar-refractivity contribution is 7.45. The highest BCUT2D eigenvalue weighted by Crippen LogP contribution is 2.64. The molecule has 1 amide bonds. The van der Waals surface area contributed by atoms with Gasteiger partial charge >= 0.3 is 5.69 Å². The molecule has 0 spiro atoms. The van der Waals surface area contributed by atoms with E-state index in [1.54, 1.807) is 44.5 Å². The summed E-state index contributed by atoms with van der Waals surface area (Å²) in [5.74, 6) is -0.128. The van der Waals surface area contributed by atoms with Gasteiger partial charge in [0, 0.05) is 31.0 Å². The number of fused-ring (bicyclic) bond motifs is 1. The number of nitrogens with zero attached hydrogens (tertiary/aromatic N) is 3. The van der Waals surface area contributed by atoms with Crippen LogP contribution >= 0.6 is 8.53 Å². The molecule has 0 bridgehead atoms. The van der Waals surface area contributed by atoms with Crippen LogP contribution in [0, 0.1) is 6.92 Å². The smallest absolute Gasteiger partial charge is 0.351 e. The zero-order chi connectivity index (χ0) is 29.4. The van der Waals surface area contributed by atoms with Crippen molar-refractivity contribution >= 4 is 20.3 Å². The normalized spacial score (nSPS) is 30.9. The van der Waals surface area contributed by atoms with Crippen LogP contribution < -0.4 is 11.0 Å². The van der Waals surface area contributed by atoms with E-state index < -0.39 is 38.3 Å². The van der Waals surface area contributed by atoms with Gasteiger partial charge in [-0.2, -0.15) is 4.98 Å². The van der Waals surface area contributed by atoms with E-state index in [2.05, 4.69) is 34.0 Å². The summed E-state index contributed by atoms with van der Waals surface area (Å²) >= 11 is 0. The lowest BCUT2D eigenvalue weighted by Gasteiger charge is -2.29. The average Bonchev–Trinajstić information content (AvgIpc) is 3.71. The van der Waals surface area contributed by atoms with E-state index in [0.29, 0.717) is 17.5 Å². The molecule has 222 valence electrons. The number of hydrogen-bond acceptors (Lipinski definition) is 8. The van der Waals surface area contributed by atoms with Gasteiger partial charge in [-0.15, -0.1) is 0 Å². The lowest BCUT2D eigenvalue weighted by molar-refractivity contribution is -0.0539. The quantitative estimate of drug-likeness (QED) is 0.359. The molecule has 3 saturated heterocycles. The molecule has 42 heavy (non-hydrogen) atoms. The Kier molecular flexibility index (Phi) is 8.29. The fourth-order valence-corrected chi connectivity index (χ4v) is 8.42. The number of hydrogen-bond donors (Lipinski definition) is 1. The van der Waals surface area contributed by atoms with Crippen LogP contribution in [0.3, 0.4) is 0 Å². The molecule has 0 aliphatic carbocycles. The van der Waals surface area contributed by atoms with Gasteiger partial charge in [-0.3, -0.25) is 9.36 Å². The molecule has 6 rings (SSSR count). The minimum absolute atomic E-state index is 0.208. The van der Waals surface area contributed by atoms with Crippen molar-refractivity contribution in [2.24, 2.45) is 0 Å². The van der Waals surface area contributed by atoms with Gasteiger partial charge in [0.15, 0.2) is 6.23 Å². The number of ether oxygens (including phenoxy) is 2. The van der Waals surface area contributed by atoms with E-state index in [0.717, 1.165) is 24.9 Å². The molecule has 3 aliphatic rings. The molecule has 10 nitrogen and oxygen atoms in total. The second-order valence-corrected chi connectivity index (χ2v) is 12.5. The molecule has 1 aromatic heterocycles. The summed E-state index contributed by atoms with van der Waals surface area (Å²) in [6.07, 6.45) is 2.33. The maximum absolute atomic E-state index is 13.3. The first-order valence-corrected chi connectivity index (χ1v) is 15.6. The predicted molar refractivity (Wildman–Crippen MR) is 159 cm³/mol. The molecule has 0 saturated carbocycles. The number of nitrogens with one attached hydrogen (secondary N) is 1. The second-order valence-electron chi connectivity index (χ2n) is 11.1. The summed E-state index contributed by atoms with van der Waals surface area (Å²) in [5.41, 5.74) is 1.21. The summed E-state index contributed by atoms with van der Waals surface area (Å²) in [5, 5.41) is 2.75. The van der Waals surface area contributed by atoms with Gasteiger partial charge in [-0.25, -0.2) is 9.46 Å². The first-order valence-electron chi connectivity index (χ1n) is 14.5. The van der Waals surface area contributed by atoms with Gasteiger partial charge < -0.3 is 23.8 Å². The number of carbonyl (C=O) groups is 1. The highest BCUT2D eigenvalue weighted by Gasteiger charge is 2.57. The molecule has 7 atom stereocenters. The van der Waals surface area contributed by atoms with Gasteiger partial charge in [-0.1, -0.05) is 55.5 Å². The SMILES string of the molecule is CC[C@H]1O[C@@H](n2cc(C)c(NC(=O)c3ccccc3)nc2=O)C(OC)[C@H]1O[P@]1O[C@@](C)(c2ccccc2)[C@H]2CCCN21. The lowest BCUT2D eigenvalue weighted by Crippen LogP contribution is -2.39. The predicted octanol–water partition coefficient (Wildman–Crippen LogP) is 5.15. The first kappa shape index (κ1) is 29.1. The van der Waals surface area contributed by atoms with Gasteiger partial charge in [0.1, 0.15) is 23.6 Å².